The summed E-state index contributed by atoms with van der Waals surface area (Å²) >= 11 is 0. The van der Waals surface area contributed by atoms with Gasteiger partial charge in [-0.15, -0.1) is 0 Å². The monoisotopic (exact) mass is 320 g/mol. The fourth-order valence-corrected chi connectivity index (χ4v) is 3.37. The summed E-state index contributed by atoms with van der Waals surface area (Å²) in [6.45, 7) is 9.01. The van der Waals surface area contributed by atoms with Crippen molar-refractivity contribution in [1.29, 1.82) is 5.26 Å². The SMILES string of the molecule is Cc1cc(C)c(C#N)c(NC[C@@H](C)N2CCc3ccccc3C2)n1. The van der Waals surface area contributed by atoms with E-state index in [1.165, 1.54) is 11.1 Å². The molecule has 1 atom stereocenters. The zero-order valence-corrected chi connectivity index (χ0v) is 14.6. The van der Waals surface area contributed by atoms with Crippen LogP contribution in [0.15, 0.2) is 30.3 Å². The Kier molecular flexibility index (Phi) is 4.82. The van der Waals surface area contributed by atoms with E-state index >= 15 is 0 Å². The van der Waals surface area contributed by atoms with Gasteiger partial charge in [-0.1, -0.05) is 24.3 Å². The van der Waals surface area contributed by atoms with Gasteiger partial charge in [0.2, 0.25) is 0 Å². The van der Waals surface area contributed by atoms with Crippen LogP contribution in [0.5, 0.6) is 0 Å². The Hall–Kier alpha value is -2.38. The van der Waals surface area contributed by atoms with E-state index in [-0.39, 0.29) is 0 Å². The molecule has 1 aliphatic rings. The first kappa shape index (κ1) is 16.5. The van der Waals surface area contributed by atoms with Gasteiger partial charge < -0.3 is 5.32 Å². The highest BCUT2D eigenvalue weighted by Crippen LogP contribution is 2.21. The molecule has 1 aromatic heterocycles. The Labute approximate surface area is 144 Å². The number of pyridine rings is 1. The van der Waals surface area contributed by atoms with Crippen LogP contribution < -0.4 is 5.32 Å². The summed E-state index contributed by atoms with van der Waals surface area (Å²) in [5, 5.41) is 12.8. The smallest absolute Gasteiger partial charge is 0.144 e. The number of fused-ring (bicyclic) bond motifs is 1. The molecule has 1 aromatic carbocycles. The fraction of sp³-hybridized carbons (Fsp3) is 0.400. The van der Waals surface area contributed by atoms with Crippen LogP contribution in [0.4, 0.5) is 5.82 Å². The number of benzene rings is 1. The van der Waals surface area contributed by atoms with Gasteiger partial charge in [0.15, 0.2) is 0 Å². The van der Waals surface area contributed by atoms with Gasteiger partial charge in [0.1, 0.15) is 11.9 Å². The maximum atomic E-state index is 9.37. The molecule has 4 heteroatoms. The van der Waals surface area contributed by atoms with Gasteiger partial charge in [0.25, 0.3) is 0 Å². The highest BCUT2D eigenvalue weighted by atomic mass is 15.2. The lowest BCUT2D eigenvalue weighted by atomic mass is 9.99. The van der Waals surface area contributed by atoms with Crippen molar-refractivity contribution in [3.8, 4) is 6.07 Å². The fourth-order valence-electron chi connectivity index (χ4n) is 3.37. The van der Waals surface area contributed by atoms with Crippen molar-refractivity contribution >= 4 is 5.82 Å². The number of nitriles is 1. The van der Waals surface area contributed by atoms with E-state index in [0.717, 1.165) is 37.3 Å². The topological polar surface area (TPSA) is 52.0 Å². The summed E-state index contributed by atoms with van der Waals surface area (Å²) in [6.07, 6.45) is 1.10. The van der Waals surface area contributed by atoms with Crippen LogP contribution in [0.3, 0.4) is 0 Å². The molecule has 0 bridgehead atoms. The van der Waals surface area contributed by atoms with Crippen molar-refractivity contribution in [2.24, 2.45) is 0 Å². The number of aromatic nitrogens is 1. The van der Waals surface area contributed by atoms with Crippen LogP contribution in [-0.4, -0.2) is 29.0 Å². The van der Waals surface area contributed by atoms with Crippen molar-refractivity contribution in [2.75, 3.05) is 18.4 Å². The first-order valence-corrected chi connectivity index (χ1v) is 8.51. The maximum Gasteiger partial charge on any atom is 0.144 e. The molecule has 0 amide bonds. The quantitative estimate of drug-likeness (QED) is 0.938. The lowest BCUT2D eigenvalue weighted by Gasteiger charge is -2.34. The van der Waals surface area contributed by atoms with Gasteiger partial charge in [0.05, 0.1) is 5.56 Å². The second-order valence-corrected chi connectivity index (χ2v) is 6.64. The van der Waals surface area contributed by atoms with Gasteiger partial charge in [-0.05, 0) is 49.9 Å². The zero-order chi connectivity index (χ0) is 17.1. The number of rotatable bonds is 4. The van der Waals surface area contributed by atoms with Crippen molar-refractivity contribution in [1.82, 2.24) is 9.88 Å². The summed E-state index contributed by atoms with van der Waals surface area (Å²) in [4.78, 5) is 7.00. The summed E-state index contributed by atoms with van der Waals surface area (Å²) < 4.78 is 0. The Morgan fingerprint density at radius 1 is 1.29 bits per heavy atom. The normalized spacial score (nSPS) is 15.4. The molecule has 0 spiro atoms. The lowest BCUT2D eigenvalue weighted by molar-refractivity contribution is 0.198. The number of nitrogens with one attached hydrogen (secondary N) is 1. The van der Waals surface area contributed by atoms with Gasteiger partial charge in [0, 0.05) is 31.4 Å². The van der Waals surface area contributed by atoms with Crippen LogP contribution in [0, 0.1) is 25.2 Å². The van der Waals surface area contributed by atoms with Crippen LogP contribution in [-0.2, 0) is 13.0 Å². The van der Waals surface area contributed by atoms with E-state index in [4.69, 9.17) is 0 Å². The molecule has 3 rings (SSSR count). The first-order valence-electron chi connectivity index (χ1n) is 8.51. The molecule has 0 radical (unpaired) electrons. The third-order valence-electron chi connectivity index (χ3n) is 4.80. The highest BCUT2D eigenvalue weighted by molar-refractivity contribution is 5.56. The number of nitrogens with zero attached hydrogens (tertiary/aromatic N) is 3. The predicted octanol–water partition coefficient (Wildman–Crippen LogP) is 3.43. The van der Waals surface area contributed by atoms with E-state index in [1.807, 2.05) is 19.9 Å². The van der Waals surface area contributed by atoms with E-state index < -0.39 is 0 Å². The number of aryl methyl sites for hydroxylation is 2. The van der Waals surface area contributed by atoms with Crippen molar-refractivity contribution in [3.05, 3.63) is 58.3 Å². The predicted molar refractivity (Wildman–Crippen MR) is 96.9 cm³/mol. The summed E-state index contributed by atoms with van der Waals surface area (Å²) in [5.74, 6) is 0.708. The minimum Gasteiger partial charge on any atom is -0.367 e. The van der Waals surface area contributed by atoms with Crippen molar-refractivity contribution in [2.45, 2.75) is 39.8 Å². The number of anilines is 1. The minimum atomic E-state index is 0.382. The van der Waals surface area contributed by atoms with E-state index in [9.17, 15) is 5.26 Å². The lowest BCUT2D eigenvalue weighted by Crippen LogP contribution is -2.41. The molecule has 0 saturated carbocycles. The molecule has 24 heavy (non-hydrogen) atoms. The molecule has 2 aromatic rings. The van der Waals surface area contributed by atoms with Gasteiger partial charge in [-0.3, -0.25) is 4.90 Å². The average Bonchev–Trinajstić information content (AvgIpc) is 2.58. The van der Waals surface area contributed by atoms with Crippen LogP contribution >= 0.6 is 0 Å². The largest absolute Gasteiger partial charge is 0.367 e. The number of hydrogen-bond acceptors (Lipinski definition) is 4. The highest BCUT2D eigenvalue weighted by Gasteiger charge is 2.20. The molecule has 4 nitrogen and oxygen atoms in total. The van der Waals surface area contributed by atoms with E-state index in [0.29, 0.717) is 17.4 Å². The Bertz CT molecular complexity index is 776. The van der Waals surface area contributed by atoms with Gasteiger partial charge in [-0.2, -0.15) is 5.26 Å². The second-order valence-electron chi connectivity index (χ2n) is 6.64. The molecular formula is C20H24N4. The van der Waals surface area contributed by atoms with Crippen molar-refractivity contribution < 1.29 is 0 Å². The van der Waals surface area contributed by atoms with E-state index in [1.54, 1.807) is 0 Å². The van der Waals surface area contributed by atoms with Gasteiger partial charge in [-0.25, -0.2) is 4.98 Å². The van der Waals surface area contributed by atoms with E-state index in [2.05, 4.69) is 52.5 Å². The molecular weight excluding hydrogens is 296 g/mol. The molecule has 1 N–H and O–H groups in total. The zero-order valence-electron chi connectivity index (χ0n) is 14.6. The molecule has 0 aliphatic carbocycles. The maximum absolute atomic E-state index is 9.37. The molecule has 0 fully saturated rings. The van der Waals surface area contributed by atoms with Crippen LogP contribution in [0.1, 0.15) is 34.9 Å². The third kappa shape index (κ3) is 3.42. The average molecular weight is 320 g/mol. The molecule has 2 heterocycles. The van der Waals surface area contributed by atoms with Crippen LogP contribution in [0.25, 0.3) is 0 Å². The minimum absolute atomic E-state index is 0.382. The second kappa shape index (κ2) is 7.02. The standard InChI is InChI=1S/C20H24N4/c1-14-10-15(2)23-20(19(14)11-21)22-12-16(3)24-9-8-17-6-4-5-7-18(17)13-24/h4-7,10,16H,8-9,12-13H2,1-3H3,(H,22,23)/t16-/m1/s1. The third-order valence-corrected chi connectivity index (χ3v) is 4.80. The summed E-state index contributed by atoms with van der Waals surface area (Å²) in [5.41, 5.74) is 5.46. The molecule has 0 unspecified atom stereocenters. The Morgan fingerprint density at radius 2 is 2.04 bits per heavy atom. The Balaban J connectivity index is 1.67. The Morgan fingerprint density at radius 3 is 2.79 bits per heavy atom. The van der Waals surface area contributed by atoms with Gasteiger partial charge >= 0.3 is 0 Å². The molecule has 1 aliphatic heterocycles. The summed E-state index contributed by atoms with van der Waals surface area (Å²) in [7, 11) is 0. The van der Waals surface area contributed by atoms with Crippen LogP contribution in [0.2, 0.25) is 0 Å². The van der Waals surface area contributed by atoms with Crippen molar-refractivity contribution in [3.63, 3.8) is 0 Å². The number of hydrogen-bond donors (Lipinski definition) is 1. The summed E-state index contributed by atoms with van der Waals surface area (Å²) in [6, 6.07) is 13.3. The molecule has 124 valence electrons. The first-order chi connectivity index (χ1) is 11.6. The molecule has 0 saturated heterocycles.